The van der Waals surface area contributed by atoms with E-state index in [2.05, 4.69) is 18.7 Å². The monoisotopic (exact) mass is 288 g/mol. The van der Waals surface area contributed by atoms with Crippen molar-refractivity contribution in [1.82, 2.24) is 4.90 Å². The van der Waals surface area contributed by atoms with Crippen LogP contribution in [0, 0.1) is 0 Å². The number of piperidine rings is 1. The van der Waals surface area contributed by atoms with E-state index in [1.54, 1.807) is 6.92 Å². The van der Waals surface area contributed by atoms with Gasteiger partial charge < -0.3 is 9.80 Å². The number of rotatable bonds is 4. The Morgan fingerprint density at radius 2 is 1.81 bits per heavy atom. The minimum atomic E-state index is 0.166. The first-order valence-corrected chi connectivity index (χ1v) is 7.62. The third-order valence-corrected chi connectivity index (χ3v) is 4.17. The van der Waals surface area contributed by atoms with Crippen molar-refractivity contribution in [2.24, 2.45) is 0 Å². The number of aldehydes is 1. The molecule has 0 saturated carbocycles. The Hall–Kier alpha value is -1.84. The summed E-state index contributed by atoms with van der Waals surface area (Å²) in [5, 5.41) is 0. The van der Waals surface area contributed by atoms with Crippen molar-refractivity contribution >= 4 is 17.9 Å². The van der Waals surface area contributed by atoms with Gasteiger partial charge in [0.05, 0.1) is 0 Å². The molecule has 1 aliphatic rings. The normalized spacial score (nSPS) is 16.1. The Balaban J connectivity index is 1.98. The van der Waals surface area contributed by atoms with Crippen molar-refractivity contribution in [3.05, 3.63) is 29.8 Å². The molecule has 1 aromatic carbocycles. The molecule has 1 amide bonds. The number of anilines is 1. The predicted molar refractivity (Wildman–Crippen MR) is 84.7 cm³/mol. The fraction of sp³-hybridized carbons (Fsp3) is 0.529. The predicted octanol–water partition coefficient (Wildman–Crippen LogP) is 2.72. The van der Waals surface area contributed by atoms with Crippen LogP contribution in [-0.2, 0) is 4.79 Å². The maximum Gasteiger partial charge on any atom is 0.219 e. The SMILES string of the molecule is CC(=O)N(C(C)C)C1CCN(c2ccc(C=O)cc2)CC1. The molecule has 0 N–H and O–H groups in total. The van der Waals surface area contributed by atoms with Crippen molar-refractivity contribution in [2.45, 2.75) is 45.7 Å². The van der Waals surface area contributed by atoms with E-state index in [0.717, 1.165) is 37.9 Å². The molecule has 1 aliphatic heterocycles. The van der Waals surface area contributed by atoms with Crippen LogP contribution in [0.3, 0.4) is 0 Å². The van der Waals surface area contributed by atoms with Gasteiger partial charge in [-0.15, -0.1) is 0 Å². The Labute approximate surface area is 126 Å². The number of hydrogen-bond donors (Lipinski definition) is 0. The third kappa shape index (κ3) is 3.63. The van der Waals surface area contributed by atoms with E-state index in [1.165, 1.54) is 0 Å². The van der Waals surface area contributed by atoms with E-state index in [9.17, 15) is 9.59 Å². The number of carbonyl (C=O) groups is 2. The Morgan fingerprint density at radius 1 is 1.24 bits per heavy atom. The van der Waals surface area contributed by atoms with Crippen LogP contribution in [0.25, 0.3) is 0 Å². The van der Waals surface area contributed by atoms with Crippen LogP contribution in [0.15, 0.2) is 24.3 Å². The van der Waals surface area contributed by atoms with E-state index in [4.69, 9.17) is 0 Å². The second-order valence-electron chi connectivity index (χ2n) is 5.95. The highest BCUT2D eigenvalue weighted by Gasteiger charge is 2.27. The van der Waals surface area contributed by atoms with Gasteiger partial charge in [-0.2, -0.15) is 0 Å². The smallest absolute Gasteiger partial charge is 0.219 e. The lowest BCUT2D eigenvalue weighted by Gasteiger charge is -2.41. The summed E-state index contributed by atoms with van der Waals surface area (Å²) in [4.78, 5) is 26.8. The van der Waals surface area contributed by atoms with E-state index in [-0.39, 0.29) is 11.9 Å². The molecule has 1 heterocycles. The minimum Gasteiger partial charge on any atom is -0.371 e. The molecule has 0 atom stereocenters. The number of hydrogen-bond acceptors (Lipinski definition) is 3. The summed E-state index contributed by atoms with van der Waals surface area (Å²) < 4.78 is 0. The lowest BCUT2D eigenvalue weighted by atomic mass is 10.0. The summed E-state index contributed by atoms with van der Waals surface area (Å²) >= 11 is 0. The van der Waals surface area contributed by atoms with Gasteiger partial charge in [0, 0.05) is 43.3 Å². The van der Waals surface area contributed by atoms with Gasteiger partial charge in [0.15, 0.2) is 0 Å². The standard InChI is InChI=1S/C17H24N2O2/c1-13(2)19(14(3)21)17-8-10-18(11-9-17)16-6-4-15(12-20)5-7-16/h4-7,12-13,17H,8-11H2,1-3H3. The molecule has 0 radical (unpaired) electrons. The Bertz CT molecular complexity index is 488. The number of amides is 1. The quantitative estimate of drug-likeness (QED) is 0.800. The summed E-state index contributed by atoms with van der Waals surface area (Å²) in [5.41, 5.74) is 1.86. The van der Waals surface area contributed by atoms with Crippen molar-refractivity contribution in [2.75, 3.05) is 18.0 Å². The lowest BCUT2D eigenvalue weighted by molar-refractivity contribution is -0.133. The maximum absolute atomic E-state index is 11.8. The minimum absolute atomic E-state index is 0.166. The van der Waals surface area contributed by atoms with Crippen LogP contribution >= 0.6 is 0 Å². The van der Waals surface area contributed by atoms with Gasteiger partial charge in [-0.3, -0.25) is 9.59 Å². The summed E-state index contributed by atoms with van der Waals surface area (Å²) in [6.07, 6.45) is 2.85. The average molecular weight is 288 g/mol. The molecule has 1 saturated heterocycles. The molecule has 0 aliphatic carbocycles. The van der Waals surface area contributed by atoms with Crippen molar-refractivity contribution in [1.29, 1.82) is 0 Å². The number of benzene rings is 1. The molecule has 4 heteroatoms. The van der Waals surface area contributed by atoms with Crippen LogP contribution in [0.1, 0.15) is 44.0 Å². The summed E-state index contributed by atoms with van der Waals surface area (Å²) in [6, 6.07) is 8.29. The molecular weight excluding hydrogens is 264 g/mol. The Morgan fingerprint density at radius 3 is 2.24 bits per heavy atom. The molecule has 4 nitrogen and oxygen atoms in total. The van der Waals surface area contributed by atoms with Gasteiger partial charge in [0.2, 0.25) is 5.91 Å². The molecule has 114 valence electrons. The van der Waals surface area contributed by atoms with Crippen molar-refractivity contribution in [3.8, 4) is 0 Å². The van der Waals surface area contributed by atoms with Gasteiger partial charge in [0.1, 0.15) is 6.29 Å². The summed E-state index contributed by atoms with van der Waals surface area (Å²) in [7, 11) is 0. The van der Waals surface area contributed by atoms with E-state index >= 15 is 0 Å². The van der Waals surface area contributed by atoms with Gasteiger partial charge in [0.25, 0.3) is 0 Å². The first-order chi connectivity index (χ1) is 10.0. The first-order valence-electron chi connectivity index (χ1n) is 7.62. The second-order valence-corrected chi connectivity index (χ2v) is 5.95. The molecule has 0 aromatic heterocycles. The van der Waals surface area contributed by atoms with Crippen molar-refractivity contribution in [3.63, 3.8) is 0 Å². The molecule has 1 fully saturated rings. The fourth-order valence-electron chi connectivity index (χ4n) is 3.21. The topological polar surface area (TPSA) is 40.6 Å². The highest BCUT2D eigenvalue weighted by molar-refractivity contribution is 5.76. The molecule has 2 rings (SSSR count). The number of carbonyl (C=O) groups excluding carboxylic acids is 2. The van der Waals surface area contributed by atoms with E-state index in [1.807, 2.05) is 29.2 Å². The highest BCUT2D eigenvalue weighted by Crippen LogP contribution is 2.24. The zero-order valence-corrected chi connectivity index (χ0v) is 13.1. The van der Waals surface area contributed by atoms with Crippen LogP contribution in [0.5, 0.6) is 0 Å². The average Bonchev–Trinajstić information content (AvgIpc) is 2.47. The second kappa shape index (κ2) is 6.74. The lowest BCUT2D eigenvalue weighted by Crippen LogP contribution is -2.49. The van der Waals surface area contributed by atoms with E-state index in [0.29, 0.717) is 11.6 Å². The van der Waals surface area contributed by atoms with E-state index < -0.39 is 0 Å². The van der Waals surface area contributed by atoms with Gasteiger partial charge >= 0.3 is 0 Å². The maximum atomic E-state index is 11.8. The largest absolute Gasteiger partial charge is 0.371 e. The highest BCUT2D eigenvalue weighted by atomic mass is 16.2. The zero-order valence-electron chi connectivity index (χ0n) is 13.1. The van der Waals surface area contributed by atoms with Gasteiger partial charge in [-0.1, -0.05) is 0 Å². The first kappa shape index (κ1) is 15.5. The molecule has 0 unspecified atom stereocenters. The molecular formula is C17H24N2O2. The van der Waals surface area contributed by atoms with Crippen LogP contribution in [-0.4, -0.2) is 42.3 Å². The van der Waals surface area contributed by atoms with Crippen LogP contribution < -0.4 is 4.90 Å². The van der Waals surface area contributed by atoms with Crippen LogP contribution in [0.2, 0.25) is 0 Å². The molecule has 0 bridgehead atoms. The van der Waals surface area contributed by atoms with Crippen LogP contribution in [0.4, 0.5) is 5.69 Å². The number of nitrogens with zero attached hydrogens (tertiary/aromatic N) is 2. The molecule has 1 aromatic rings. The Kier molecular flexibility index (Phi) is 4.99. The summed E-state index contributed by atoms with van der Waals surface area (Å²) in [6.45, 7) is 7.70. The molecule has 21 heavy (non-hydrogen) atoms. The van der Waals surface area contributed by atoms with Gasteiger partial charge in [-0.05, 0) is 51.0 Å². The van der Waals surface area contributed by atoms with Gasteiger partial charge in [-0.25, -0.2) is 0 Å². The summed E-state index contributed by atoms with van der Waals surface area (Å²) in [5.74, 6) is 0.166. The zero-order chi connectivity index (χ0) is 15.4. The fourth-order valence-corrected chi connectivity index (χ4v) is 3.21. The molecule has 0 spiro atoms. The van der Waals surface area contributed by atoms with Crippen molar-refractivity contribution < 1.29 is 9.59 Å². The third-order valence-electron chi connectivity index (χ3n) is 4.17.